The Bertz CT molecular complexity index is 311. The van der Waals surface area contributed by atoms with Crippen molar-refractivity contribution in [1.29, 1.82) is 0 Å². The number of likely N-dealkylation sites (N-methyl/N-ethyl adjacent to an activating group) is 1. The molecule has 14 heavy (non-hydrogen) atoms. The van der Waals surface area contributed by atoms with E-state index in [1.807, 2.05) is 0 Å². The summed E-state index contributed by atoms with van der Waals surface area (Å²) in [7, 11) is 2.19. The van der Waals surface area contributed by atoms with Crippen molar-refractivity contribution in [3.63, 3.8) is 0 Å². The van der Waals surface area contributed by atoms with E-state index in [2.05, 4.69) is 36.8 Å². The summed E-state index contributed by atoms with van der Waals surface area (Å²) >= 11 is 0. The Morgan fingerprint density at radius 1 is 1.21 bits per heavy atom. The summed E-state index contributed by atoms with van der Waals surface area (Å²) in [4.78, 5) is 7.06. The Hall–Kier alpha value is -0.890. The van der Waals surface area contributed by atoms with Gasteiger partial charge in [-0.25, -0.2) is 0 Å². The van der Waals surface area contributed by atoms with Crippen LogP contribution < -0.4 is 0 Å². The molecule has 2 heteroatoms. The molecule has 0 aromatic carbocycles. The lowest BCUT2D eigenvalue weighted by Crippen LogP contribution is -2.20. The van der Waals surface area contributed by atoms with Gasteiger partial charge in [-0.3, -0.25) is 4.98 Å². The van der Waals surface area contributed by atoms with Crippen molar-refractivity contribution < 1.29 is 0 Å². The molecule has 0 unspecified atom stereocenters. The number of hydrogen-bond acceptors (Lipinski definition) is 2. The molecule has 0 spiro atoms. The van der Waals surface area contributed by atoms with Crippen molar-refractivity contribution in [3.05, 3.63) is 28.6 Å². The van der Waals surface area contributed by atoms with Crippen LogP contribution in [0.5, 0.6) is 0 Å². The summed E-state index contributed by atoms with van der Waals surface area (Å²) < 4.78 is 0. The minimum atomic E-state index is 1.10. The molecule has 1 aliphatic rings. The van der Waals surface area contributed by atoms with Gasteiger partial charge in [0.2, 0.25) is 0 Å². The van der Waals surface area contributed by atoms with Crippen LogP contribution in [0.4, 0.5) is 0 Å². The largest absolute Gasteiger partial charge is 0.306 e. The van der Waals surface area contributed by atoms with E-state index in [1.54, 1.807) is 0 Å². The topological polar surface area (TPSA) is 16.1 Å². The molecule has 0 radical (unpaired) electrons. The third kappa shape index (κ3) is 1.80. The smallest absolute Gasteiger partial charge is 0.0452 e. The van der Waals surface area contributed by atoms with Crippen LogP contribution in [0.3, 0.4) is 0 Å². The van der Waals surface area contributed by atoms with Gasteiger partial charge in [0, 0.05) is 30.9 Å². The van der Waals surface area contributed by atoms with Crippen molar-refractivity contribution in [3.8, 4) is 0 Å². The monoisotopic (exact) mass is 190 g/mol. The van der Waals surface area contributed by atoms with E-state index >= 15 is 0 Å². The molecule has 2 rings (SSSR count). The molecule has 1 aromatic rings. The van der Waals surface area contributed by atoms with E-state index in [1.165, 1.54) is 22.5 Å². The second-order valence-corrected chi connectivity index (χ2v) is 4.30. The van der Waals surface area contributed by atoms with Gasteiger partial charge in [-0.15, -0.1) is 0 Å². The maximum absolute atomic E-state index is 4.68. The van der Waals surface area contributed by atoms with Crippen LogP contribution in [0.1, 0.15) is 22.5 Å². The number of pyridine rings is 1. The second kappa shape index (κ2) is 3.70. The zero-order valence-corrected chi connectivity index (χ0v) is 9.30. The first-order valence-electron chi connectivity index (χ1n) is 5.31. The fourth-order valence-electron chi connectivity index (χ4n) is 1.96. The van der Waals surface area contributed by atoms with Crippen LogP contribution in [0.15, 0.2) is 6.07 Å². The third-order valence-electron chi connectivity index (χ3n) is 3.13. The first-order valence-corrected chi connectivity index (χ1v) is 5.31. The van der Waals surface area contributed by atoms with Gasteiger partial charge in [0.15, 0.2) is 0 Å². The van der Waals surface area contributed by atoms with Gasteiger partial charge < -0.3 is 4.90 Å². The molecule has 0 aliphatic carbocycles. The minimum absolute atomic E-state index is 1.10. The highest BCUT2D eigenvalue weighted by Crippen LogP contribution is 2.16. The van der Waals surface area contributed by atoms with Crippen LogP contribution in [0.25, 0.3) is 0 Å². The Kier molecular flexibility index (Phi) is 2.55. The molecular weight excluding hydrogens is 172 g/mol. The molecule has 76 valence electrons. The lowest BCUT2D eigenvalue weighted by molar-refractivity contribution is 0.352. The number of fused-ring (bicyclic) bond motifs is 1. The molecule has 0 fully saturated rings. The number of aryl methyl sites for hydroxylation is 2. The Labute approximate surface area is 86.0 Å². The zero-order valence-electron chi connectivity index (χ0n) is 9.30. The van der Waals surface area contributed by atoms with Gasteiger partial charge in [0.25, 0.3) is 0 Å². The van der Waals surface area contributed by atoms with E-state index in [0.29, 0.717) is 0 Å². The number of rotatable bonds is 0. The summed E-state index contributed by atoms with van der Waals surface area (Å²) in [5.74, 6) is 0. The Morgan fingerprint density at radius 3 is 2.71 bits per heavy atom. The standard InChI is InChI=1S/C12H18N2/c1-9-8-11-4-6-14(3)7-5-12(11)13-10(9)2/h8H,4-7H2,1-3H3. The van der Waals surface area contributed by atoms with E-state index in [4.69, 9.17) is 0 Å². The average Bonchev–Trinajstić information content (AvgIpc) is 2.31. The van der Waals surface area contributed by atoms with Gasteiger partial charge in [-0.05, 0) is 38.4 Å². The zero-order chi connectivity index (χ0) is 10.1. The SMILES string of the molecule is Cc1cc2c(nc1C)CCN(C)CC2. The van der Waals surface area contributed by atoms with Crippen molar-refractivity contribution >= 4 is 0 Å². The predicted octanol–water partition coefficient (Wildman–Crippen LogP) is 1.73. The molecule has 0 bridgehead atoms. The van der Waals surface area contributed by atoms with E-state index < -0.39 is 0 Å². The maximum Gasteiger partial charge on any atom is 0.0452 e. The molecule has 0 N–H and O–H groups in total. The van der Waals surface area contributed by atoms with Crippen molar-refractivity contribution in [1.82, 2.24) is 9.88 Å². The summed E-state index contributed by atoms with van der Waals surface area (Å²) in [5.41, 5.74) is 5.29. The summed E-state index contributed by atoms with van der Waals surface area (Å²) in [6.07, 6.45) is 2.26. The van der Waals surface area contributed by atoms with Crippen LogP contribution >= 0.6 is 0 Å². The van der Waals surface area contributed by atoms with Crippen molar-refractivity contribution in [2.24, 2.45) is 0 Å². The molecule has 2 heterocycles. The quantitative estimate of drug-likeness (QED) is 0.619. The van der Waals surface area contributed by atoms with Crippen LogP contribution in [-0.2, 0) is 12.8 Å². The van der Waals surface area contributed by atoms with Gasteiger partial charge in [-0.2, -0.15) is 0 Å². The predicted molar refractivity (Wildman–Crippen MR) is 58.6 cm³/mol. The van der Waals surface area contributed by atoms with Crippen molar-refractivity contribution in [2.45, 2.75) is 26.7 Å². The highest BCUT2D eigenvalue weighted by molar-refractivity contribution is 5.30. The molecule has 0 saturated heterocycles. The molecule has 0 amide bonds. The summed E-state index contributed by atoms with van der Waals surface area (Å²) in [6, 6.07) is 2.32. The molecule has 1 aromatic heterocycles. The molecule has 2 nitrogen and oxygen atoms in total. The van der Waals surface area contributed by atoms with Crippen LogP contribution in [0.2, 0.25) is 0 Å². The molecule has 1 aliphatic heterocycles. The lowest BCUT2D eigenvalue weighted by Gasteiger charge is -2.10. The van der Waals surface area contributed by atoms with E-state index in [9.17, 15) is 0 Å². The third-order valence-corrected chi connectivity index (χ3v) is 3.13. The number of hydrogen-bond donors (Lipinski definition) is 0. The molecular formula is C12H18N2. The number of nitrogens with zero attached hydrogens (tertiary/aromatic N) is 2. The fraction of sp³-hybridized carbons (Fsp3) is 0.583. The van der Waals surface area contributed by atoms with Crippen LogP contribution in [0, 0.1) is 13.8 Å². The highest BCUT2D eigenvalue weighted by atomic mass is 15.1. The van der Waals surface area contributed by atoms with Gasteiger partial charge in [0.05, 0.1) is 0 Å². The number of aromatic nitrogens is 1. The summed E-state index contributed by atoms with van der Waals surface area (Å²) in [5, 5.41) is 0. The Morgan fingerprint density at radius 2 is 1.93 bits per heavy atom. The molecule has 0 atom stereocenters. The highest BCUT2D eigenvalue weighted by Gasteiger charge is 2.12. The van der Waals surface area contributed by atoms with Crippen molar-refractivity contribution in [2.75, 3.05) is 20.1 Å². The first-order chi connectivity index (χ1) is 6.66. The summed E-state index contributed by atoms with van der Waals surface area (Å²) in [6.45, 7) is 6.56. The van der Waals surface area contributed by atoms with E-state index in [0.717, 1.165) is 25.9 Å². The second-order valence-electron chi connectivity index (χ2n) is 4.30. The fourth-order valence-corrected chi connectivity index (χ4v) is 1.96. The minimum Gasteiger partial charge on any atom is -0.306 e. The average molecular weight is 190 g/mol. The molecule has 0 saturated carbocycles. The maximum atomic E-state index is 4.68. The Balaban J connectivity index is 2.36. The van der Waals surface area contributed by atoms with E-state index in [-0.39, 0.29) is 0 Å². The van der Waals surface area contributed by atoms with Gasteiger partial charge >= 0.3 is 0 Å². The lowest BCUT2D eigenvalue weighted by atomic mass is 10.1. The van der Waals surface area contributed by atoms with Crippen LogP contribution in [-0.4, -0.2) is 30.0 Å². The first kappa shape index (κ1) is 9.66. The van der Waals surface area contributed by atoms with Gasteiger partial charge in [0.1, 0.15) is 0 Å². The normalized spacial score (nSPS) is 17.6. The van der Waals surface area contributed by atoms with Gasteiger partial charge in [-0.1, -0.05) is 6.07 Å².